The molecule has 0 bridgehead atoms. The molecule has 33 heavy (non-hydrogen) atoms. The minimum absolute atomic E-state index is 0.0619. The summed E-state index contributed by atoms with van der Waals surface area (Å²) in [5, 5.41) is 9.57. The van der Waals surface area contributed by atoms with Crippen LogP contribution < -0.4 is 5.32 Å². The summed E-state index contributed by atoms with van der Waals surface area (Å²) in [6, 6.07) is 9.62. The van der Waals surface area contributed by atoms with Crippen molar-refractivity contribution in [2.24, 2.45) is 0 Å². The van der Waals surface area contributed by atoms with E-state index in [9.17, 15) is 22.4 Å². The number of halogens is 4. The number of benzene rings is 2. The van der Waals surface area contributed by atoms with Gasteiger partial charge in [0.2, 0.25) is 0 Å². The van der Waals surface area contributed by atoms with E-state index in [1.165, 1.54) is 0 Å². The monoisotopic (exact) mass is 479 g/mol. The van der Waals surface area contributed by atoms with E-state index in [4.69, 9.17) is 0 Å². The molecule has 1 fully saturated rings. The molecule has 0 spiro atoms. The number of alkyl halides is 3. The molecule has 4 rings (SSSR count). The Morgan fingerprint density at radius 2 is 1.82 bits per heavy atom. The summed E-state index contributed by atoms with van der Waals surface area (Å²) in [4.78, 5) is 15.1. The molecule has 0 aliphatic carbocycles. The number of amides is 1. The number of rotatable bonds is 5. The molecular formula is C22H21F4N5OS. The summed E-state index contributed by atoms with van der Waals surface area (Å²) in [5.41, 5.74) is -0.0633. The molecule has 0 saturated carbocycles. The molecule has 1 aliphatic rings. The highest BCUT2D eigenvalue weighted by Crippen LogP contribution is 2.33. The van der Waals surface area contributed by atoms with E-state index in [-0.39, 0.29) is 5.69 Å². The Labute approximate surface area is 192 Å². The van der Waals surface area contributed by atoms with E-state index < -0.39 is 29.3 Å². The number of nitrogens with zero attached hydrogens (tertiary/aromatic N) is 4. The molecule has 1 aromatic heterocycles. The molecule has 1 saturated heterocycles. The Hall–Kier alpha value is -2.92. The predicted molar refractivity (Wildman–Crippen MR) is 118 cm³/mol. The fraction of sp³-hybridized carbons (Fsp3) is 0.318. The highest BCUT2D eigenvalue weighted by Gasteiger charge is 2.42. The van der Waals surface area contributed by atoms with Crippen molar-refractivity contribution in [3.05, 3.63) is 70.8 Å². The normalized spacial score (nSPS) is 14.9. The van der Waals surface area contributed by atoms with Crippen LogP contribution in [0.25, 0.3) is 5.69 Å². The van der Waals surface area contributed by atoms with Crippen molar-refractivity contribution in [3.8, 4) is 5.69 Å². The van der Waals surface area contributed by atoms with Crippen molar-refractivity contribution >= 4 is 23.4 Å². The third kappa shape index (κ3) is 5.19. The first-order valence-corrected chi connectivity index (χ1v) is 11.4. The Balaban J connectivity index is 1.61. The van der Waals surface area contributed by atoms with Crippen LogP contribution in [0.15, 0.2) is 42.5 Å². The van der Waals surface area contributed by atoms with Gasteiger partial charge in [-0.3, -0.25) is 9.69 Å². The quantitative estimate of drug-likeness (QED) is 0.545. The average Bonchev–Trinajstić information content (AvgIpc) is 3.24. The number of nitrogens with one attached hydrogen (secondary N) is 1. The second-order valence-corrected chi connectivity index (χ2v) is 8.83. The summed E-state index contributed by atoms with van der Waals surface area (Å²) in [6.45, 7) is 4.44. The molecule has 174 valence electrons. The zero-order valence-electron chi connectivity index (χ0n) is 17.7. The maximum atomic E-state index is 13.8. The van der Waals surface area contributed by atoms with Crippen LogP contribution in [0.3, 0.4) is 0 Å². The first kappa shape index (κ1) is 23.2. The molecular weight excluding hydrogens is 458 g/mol. The second kappa shape index (κ2) is 9.52. The second-order valence-electron chi connectivity index (χ2n) is 7.60. The largest absolute Gasteiger partial charge is 0.435 e. The van der Waals surface area contributed by atoms with Crippen molar-refractivity contribution in [3.63, 3.8) is 0 Å². The highest BCUT2D eigenvalue weighted by atomic mass is 32.2. The van der Waals surface area contributed by atoms with Gasteiger partial charge < -0.3 is 5.32 Å². The van der Waals surface area contributed by atoms with Crippen LogP contribution >= 0.6 is 11.8 Å². The summed E-state index contributed by atoms with van der Waals surface area (Å²) >= 11 is 1.90. The standard InChI is InChI=1S/C22H21F4N5OS/c1-14-15(13-30-9-11-33-12-10-30)3-2-4-18(14)27-21(32)19-20(22(24,25)26)31(29-28-19)17-7-5-16(23)6-8-17/h2-8H,9-13H2,1H3,(H,27,32). The zero-order chi connectivity index (χ0) is 23.6. The Kier molecular flexibility index (Phi) is 6.71. The number of thioether (sulfide) groups is 1. The van der Waals surface area contributed by atoms with Gasteiger partial charge >= 0.3 is 6.18 Å². The molecule has 2 aromatic carbocycles. The van der Waals surface area contributed by atoms with Crippen LogP contribution in [0.1, 0.15) is 27.3 Å². The van der Waals surface area contributed by atoms with Crippen LogP contribution in [0.2, 0.25) is 0 Å². The lowest BCUT2D eigenvalue weighted by Crippen LogP contribution is -2.32. The van der Waals surface area contributed by atoms with Crippen molar-refractivity contribution < 1.29 is 22.4 Å². The lowest BCUT2D eigenvalue weighted by Gasteiger charge is -2.27. The molecule has 1 amide bonds. The SMILES string of the molecule is Cc1c(CN2CCSCC2)cccc1NC(=O)c1nnn(-c2ccc(F)cc2)c1C(F)(F)F. The predicted octanol–water partition coefficient (Wildman–Crippen LogP) is 4.53. The van der Waals surface area contributed by atoms with Gasteiger partial charge in [0.25, 0.3) is 5.91 Å². The van der Waals surface area contributed by atoms with E-state index in [1.54, 1.807) is 12.1 Å². The van der Waals surface area contributed by atoms with E-state index in [0.29, 0.717) is 16.9 Å². The average molecular weight is 480 g/mol. The van der Waals surface area contributed by atoms with Crippen LogP contribution in [-0.2, 0) is 12.7 Å². The van der Waals surface area contributed by atoms with E-state index >= 15 is 0 Å². The molecule has 1 N–H and O–H groups in total. The van der Waals surface area contributed by atoms with Gasteiger partial charge in [0.05, 0.1) is 5.69 Å². The lowest BCUT2D eigenvalue weighted by atomic mass is 10.1. The number of carbonyl (C=O) groups excluding carboxylic acids is 1. The maximum absolute atomic E-state index is 13.8. The van der Waals surface area contributed by atoms with Crippen molar-refractivity contribution in [2.45, 2.75) is 19.6 Å². The highest BCUT2D eigenvalue weighted by molar-refractivity contribution is 7.99. The molecule has 0 radical (unpaired) electrons. The van der Waals surface area contributed by atoms with E-state index in [1.807, 2.05) is 24.8 Å². The van der Waals surface area contributed by atoms with Gasteiger partial charge in [-0.15, -0.1) is 5.10 Å². The Morgan fingerprint density at radius 1 is 1.12 bits per heavy atom. The van der Waals surface area contributed by atoms with E-state index in [2.05, 4.69) is 20.5 Å². The summed E-state index contributed by atoms with van der Waals surface area (Å²) in [7, 11) is 0. The lowest BCUT2D eigenvalue weighted by molar-refractivity contribution is -0.143. The summed E-state index contributed by atoms with van der Waals surface area (Å²) in [5.74, 6) is 0.480. The van der Waals surface area contributed by atoms with Crippen molar-refractivity contribution in [1.29, 1.82) is 0 Å². The van der Waals surface area contributed by atoms with Crippen LogP contribution in [-0.4, -0.2) is 50.4 Å². The van der Waals surface area contributed by atoms with Crippen LogP contribution in [0.5, 0.6) is 0 Å². The van der Waals surface area contributed by atoms with Gasteiger partial charge in [0, 0.05) is 36.8 Å². The van der Waals surface area contributed by atoms with Gasteiger partial charge in [0.1, 0.15) is 5.82 Å². The third-order valence-electron chi connectivity index (χ3n) is 5.42. The molecule has 3 aromatic rings. The van der Waals surface area contributed by atoms with Gasteiger partial charge in [-0.1, -0.05) is 17.3 Å². The first-order valence-electron chi connectivity index (χ1n) is 10.2. The Morgan fingerprint density at radius 3 is 2.48 bits per heavy atom. The van der Waals surface area contributed by atoms with Gasteiger partial charge in [-0.25, -0.2) is 9.07 Å². The topological polar surface area (TPSA) is 63.1 Å². The minimum atomic E-state index is -4.91. The number of anilines is 1. The molecule has 1 aliphatic heterocycles. The molecule has 11 heteroatoms. The number of hydrogen-bond donors (Lipinski definition) is 1. The van der Waals surface area contributed by atoms with Crippen molar-refractivity contribution in [1.82, 2.24) is 19.9 Å². The van der Waals surface area contributed by atoms with Crippen LogP contribution in [0.4, 0.5) is 23.2 Å². The fourth-order valence-corrected chi connectivity index (χ4v) is 4.60. The van der Waals surface area contributed by atoms with Crippen molar-refractivity contribution in [2.75, 3.05) is 29.9 Å². The Bertz CT molecular complexity index is 1140. The molecule has 0 unspecified atom stereocenters. The van der Waals surface area contributed by atoms with Gasteiger partial charge in [-0.2, -0.15) is 24.9 Å². The minimum Gasteiger partial charge on any atom is -0.320 e. The molecule has 0 atom stereocenters. The van der Waals surface area contributed by atoms with Crippen LogP contribution in [0, 0.1) is 12.7 Å². The van der Waals surface area contributed by atoms with E-state index in [0.717, 1.165) is 60.0 Å². The zero-order valence-corrected chi connectivity index (χ0v) is 18.5. The molecule has 6 nitrogen and oxygen atoms in total. The number of hydrogen-bond acceptors (Lipinski definition) is 5. The first-order chi connectivity index (χ1) is 15.7. The summed E-state index contributed by atoms with van der Waals surface area (Å²) in [6.07, 6.45) is -4.91. The van der Waals surface area contributed by atoms with Gasteiger partial charge in [0.15, 0.2) is 11.4 Å². The number of carbonyl (C=O) groups is 1. The number of aromatic nitrogens is 3. The smallest absolute Gasteiger partial charge is 0.320 e. The summed E-state index contributed by atoms with van der Waals surface area (Å²) < 4.78 is 55.2. The maximum Gasteiger partial charge on any atom is 0.435 e. The molecule has 2 heterocycles. The van der Waals surface area contributed by atoms with Gasteiger partial charge in [-0.05, 0) is 48.4 Å². The fourth-order valence-electron chi connectivity index (χ4n) is 3.62. The third-order valence-corrected chi connectivity index (χ3v) is 6.36.